The third kappa shape index (κ3) is 5.57. The molecule has 0 aliphatic carbocycles. The van der Waals surface area contributed by atoms with E-state index in [0.29, 0.717) is 15.5 Å². The summed E-state index contributed by atoms with van der Waals surface area (Å²) >= 11 is 2.40. The molecule has 10 heteroatoms. The molecule has 0 saturated carbocycles. The Hall–Kier alpha value is -2.07. The lowest BCUT2D eigenvalue weighted by Crippen LogP contribution is -2.15. The van der Waals surface area contributed by atoms with Gasteiger partial charge in [-0.1, -0.05) is 23.1 Å². The van der Waals surface area contributed by atoms with Gasteiger partial charge in [-0.2, -0.15) is 0 Å². The van der Waals surface area contributed by atoms with Gasteiger partial charge >= 0.3 is 0 Å². The number of thioether (sulfide) groups is 1. The lowest BCUT2D eigenvalue weighted by atomic mass is 10.3. The molecule has 0 aliphatic rings. The number of rotatable bonds is 6. The van der Waals surface area contributed by atoms with Gasteiger partial charge in [0.25, 0.3) is 0 Å². The van der Waals surface area contributed by atoms with E-state index < -0.39 is 17.5 Å². The fourth-order valence-corrected chi connectivity index (χ4v) is 2.86. The van der Waals surface area contributed by atoms with Crippen molar-refractivity contribution in [3.63, 3.8) is 0 Å². The zero-order chi connectivity index (χ0) is 16.8. The third-order valence-electron chi connectivity index (χ3n) is 2.33. The van der Waals surface area contributed by atoms with Gasteiger partial charge in [0, 0.05) is 20.2 Å². The standard InChI is InChI=1S/C13H13F2N5OS2/c1-20(2)7-16-12-18-19-13(23-12)22-6-11(21)17-10-4-3-8(14)5-9(10)15/h3-5,7H,6H2,1-2H3,(H,17,21)/b16-7+. The Morgan fingerprint density at radius 3 is 2.91 bits per heavy atom. The molecule has 6 nitrogen and oxygen atoms in total. The molecular weight excluding hydrogens is 344 g/mol. The van der Waals surface area contributed by atoms with Gasteiger partial charge in [-0.25, -0.2) is 13.8 Å². The maximum atomic E-state index is 13.4. The predicted octanol–water partition coefficient (Wildman–Crippen LogP) is 2.77. The molecule has 0 atom stereocenters. The smallest absolute Gasteiger partial charge is 0.234 e. The van der Waals surface area contributed by atoms with Gasteiger partial charge in [-0.3, -0.25) is 4.79 Å². The van der Waals surface area contributed by atoms with Crippen molar-refractivity contribution < 1.29 is 13.6 Å². The summed E-state index contributed by atoms with van der Waals surface area (Å²) in [5.74, 6) is -1.91. The summed E-state index contributed by atoms with van der Waals surface area (Å²) in [7, 11) is 3.66. The van der Waals surface area contributed by atoms with Crippen LogP contribution in [0.2, 0.25) is 0 Å². The number of nitrogens with one attached hydrogen (secondary N) is 1. The van der Waals surface area contributed by atoms with Crippen molar-refractivity contribution in [3.8, 4) is 0 Å². The molecule has 1 aromatic carbocycles. The highest BCUT2D eigenvalue weighted by Crippen LogP contribution is 2.27. The van der Waals surface area contributed by atoms with Crippen LogP contribution >= 0.6 is 23.1 Å². The molecule has 0 unspecified atom stereocenters. The Balaban J connectivity index is 1.87. The van der Waals surface area contributed by atoms with E-state index >= 15 is 0 Å². The molecule has 0 spiro atoms. The number of halogens is 2. The van der Waals surface area contributed by atoms with Gasteiger partial charge in [0.05, 0.1) is 17.8 Å². The second-order valence-corrected chi connectivity index (χ2v) is 6.70. The van der Waals surface area contributed by atoms with Crippen LogP contribution in [0.25, 0.3) is 0 Å². The van der Waals surface area contributed by atoms with E-state index in [2.05, 4.69) is 20.5 Å². The molecule has 1 N–H and O–H groups in total. The molecule has 1 aromatic heterocycles. The lowest BCUT2D eigenvalue weighted by molar-refractivity contribution is -0.113. The minimum absolute atomic E-state index is 0.0306. The van der Waals surface area contributed by atoms with Crippen LogP contribution < -0.4 is 5.32 Å². The van der Waals surface area contributed by atoms with Gasteiger partial charge in [0.1, 0.15) is 11.6 Å². The van der Waals surface area contributed by atoms with Crippen molar-refractivity contribution in [1.29, 1.82) is 0 Å². The Morgan fingerprint density at radius 1 is 1.43 bits per heavy atom. The van der Waals surface area contributed by atoms with Gasteiger partial charge < -0.3 is 10.2 Å². The topological polar surface area (TPSA) is 70.5 Å². The van der Waals surface area contributed by atoms with Crippen LogP contribution in [0.1, 0.15) is 0 Å². The molecule has 0 bridgehead atoms. The number of carbonyl (C=O) groups is 1. The molecule has 0 saturated heterocycles. The molecule has 1 amide bonds. The minimum Gasteiger partial charge on any atom is -0.369 e. The first-order valence-corrected chi connectivity index (χ1v) is 8.16. The van der Waals surface area contributed by atoms with E-state index in [1.165, 1.54) is 17.4 Å². The van der Waals surface area contributed by atoms with Crippen molar-refractivity contribution in [3.05, 3.63) is 29.8 Å². The second kappa shape index (κ2) is 7.97. The van der Waals surface area contributed by atoms with Crippen LogP contribution in [0.4, 0.5) is 19.6 Å². The average molecular weight is 357 g/mol. The van der Waals surface area contributed by atoms with Crippen molar-refractivity contribution in [2.45, 2.75) is 4.34 Å². The first kappa shape index (κ1) is 17.3. The summed E-state index contributed by atoms with van der Waals surface area (Å²) in [5, 5.41) is 10.6. The van der Waals surface area contributed by atoms with E-state index in [1.807, 2.05) is 14.1 Å². The van der Waals surface area contributed by atoms with E-state index in [0.717, 1.165) is 17.8 Å². The molecule has 122 valence electrons. The zero-order valence-electron chi connectivity index (χ0n) is 12.3. The number of aliphatic imine (C=N–C) groups is 1. The number of aromatic nitrogens is 2. The van der Waals surface area contributed by atoms with Gasteiger partial charge in [0.2, 0.25) is 11.0 Å². The Bertz CT molecular complexity index is 720. The maximum absolute atomic E-state index is 13.4. The molecule has 2 aromatic rings. The van der Waals surface area contributed by atoms with Gasteiger partial charge in [-0.05, 0) is 12.1 Å². The van der Waals surface area contributed by atoms with Crippen LogP contribution in [-0.4, -0.2) is 47.2 Å². The molecular formula is C13H13F2N5OS2. The maximum Gasteiger partial charge on any atom is 0.234 e. The Morgan fingerprint density at radius 2 is 2.22 bits per heavy atom. The number of hydrogen-bond acceptors (Lipinski definition) is 6. The number of anilines is 1. The average Bonchev–Trinajstić information content (AvgIpc) is 2.94. The number of nitrogens with zero attached hydrogens (tertiary/aromatic N) is 4. The fourth-order valence-electron chi connectivity index (χ4n) is 1.38. The van der Waals surface area contributed by atoms with Crippen LogP contribution in [0, 0.1) is 11.6 Å². The first-order valence-electron chi connectivity index (χ1n) is 6.36. The van der Waals surface area contributed by atoms with Gasteiger partial charge in [0.15, 0.2) is 4.34 Å². The molecule has 0 aliphatic heterocycles. The SMILES string of the molecule is CN(C)/C=N/c1nnc(SCC(=O)Nc2ccc(F)cc2F)s1. The Kier molecular flexibility index (Phi) is 5.99. The van der Waals surface area contributed by atoms with E-state index in [-0.39, 0.29) is 11.4 Å². The van der Waals surface area contributed by atoms with E-state index in [1.54, 1.807) is 11.2 Å². The summed E-state index contributed by atoms with van der Waals surface area (Å²) in [6, 6.07) is 2.96. The van der Waals surface area contributed by atoms with Crippen LogP contribution in [0.15, 0.2) is 27.5 Å². The predicted molar refractivity (Wildman–Crippen MR) is 87.5 cm³/mol. The van der Waals surface area contributed by atoms with Crippen molar-refractivity contribution >= 4 is 46.2 Å². The summed E-state index contributed by atoms with van der Waals surface area (Å²) in [6.07, 6.45) is 1.60. The minimum atomic E-state index is -0.820. The molecule has 0 fully saturated rings. The quantitative estimate of drug-likeness (QED) is 0.489. The van der Waals surface area contributed by atoms with Crippen molar-refractivity contribution in [2.75, 3.05) is 25.2 Å². The molecule has 1 heterocycles. The zero-order valence-corrected chi connectivity index (χ0v) is 13.9. The largest absolute Gasteiger partial charge is 0.369 e. The summed E-state index contributed by atoms with van der Waals surface area (Å²) < 4.78 is 26.8. The highest BCUT2D eigenvalue weighted by Gasteiger charge is 2.10. The number of hydrogen-bond donors (Lipinski definition) is 1. The van der Waals surface area contributed by atoms with E-state index in [9.17, 15) is 13.6 Å². The molecule has 23 heavy (non-hydrogen) atoms. The highest BCUT2D eigenvalue weighted by molar-refractivity contribution is 8.01. The third-order valence-corrected chi connectivity index (χ3v) is 4.29. The monoisotopic (exact) mass is 357 g/mol. The van der Waals surface area contributed by atoms with Crippen LogP contribution in [0.5, 0.6) is 0 Å². The molecule has 0 radical (unpaired) electrons. The van der Waals surface area contributed by atoms with Crippen LogP contribution in [0.3, 0.4) is 0 Å². The number of carbonyl (C=O) groups excluding carboxylic acids is 1. The normalized spacial score (nSPS) is 11.0. The summed E-state index contributed by atoms with van der Waals surface area (Å²) in [4.78, 5) is 17.6. The van der Waals surface area contributed by atoms with Gasteiger partial charge in [-0.15, -0.1) is 10.2 Å². The Labute approximate surface area is 139 Å². The number of benzene rings is 1. The van der Waals surface area contributed by atoms with E-state index in [4.69, 9.17) is 0 Å². The van der Waals surface area contributed by atoms with Crippen molar-refractivity contribution in [1.82, 2.24) is 15.1 Å². The highest BCUT2D eigenvalue weighted by atomic mass is 32.2. The van der Waals surface area contributed by atoms with Crippen LogP contribution in [-0.2, 0) is 4.79 Å². The fraction of sp³-hybridized carbons (Fsp3) is 0.231. The van der Waals surface area contributed by atoms with Crippen molar-refractivity contribution in [2.24, 2.45) is 4.99 Å². The second-order valence-electron chi connectivity index (χ2n) is 4.52. The summed E-state index contributed by atoms with van der Waals surface area (Å²) in [6.45, 7) is 0. The number of amides is 1. The first-order chi connectivity index (χ1) is 10.9. The molecule has 2 rings (SSSR count). The lowest BCUT2D eigenvalue weighted by Gasteiger charge is -2.05. The summed E-state index contributed by atoms with van der Waals surface area (Å²) in [5.41, 5.74) is -0.0643.